The third-order valence-electron chi connectivity index (χ3n) is 12.2. The second-order valence-electron chi connectivity index (χ2n) is 16.0. The van der Waals surface area contributed by atoms with Gasteiger partial charge in [-0.25, -0.2) is 9.97 Å². The Kier molecular flexibility index (Phi) is 12.0. The fraction of sp³-hybridized carbons (Fsp3) is 0.341. The lowest BCUT2D eigenvalue weighted by Gasteiger charge is -2.48. The first-order valence-corrected chi connectivity index (χ1v) is 20.5. The average Bonchev–Trinajstić information content (AvgIpc) is 3.80. The van der Waals surface area contributed by atoms with Crippen LogP contribution in [0, 0.1) is 0 Å². The molecule has 320 valence electrons. The number of halogens is 1. The van der Waals surface area contributed by atoms with Gasteiger partial charge in [-0.3, -0.25) is 34.2 Å². The van der Waals surface area contributed by atoms with Crippen molar-refractivity contribution in [2.24, 2.45) is 7.05 Å². The van der Waals surface area contributed by atoms with Gasteiger partial charge in [-0.15, -0.1) is 22.6 Å². The molecule has 0 spiro atoms. The molecule has 0 saturated carbocycles. The van der Waals surface area contributed by atoms with E-state index >= 15 is 0 Å². The fourth-order valence-electron chi connectivity index (χ4n) is 8.55. The molecule has 3 fully saturated rings. The number of carbonyl (C=O) groups excluding carboxylic acids is 5. The second-order valence-corrected chi connectivity index (χ2v) is 16.0. The quantitative estimate of drug-likeness (QED) is 0.165. The molecule has 4 aliphatic heterocycles. The molecule has 1 unspecified atom stereocenters. The van der Waals surface area contributed by atoms with Gasteiger partial charge in [-0.1, -0.05) is 18.2 Å². The molecule has 9 rings (SSSR count). The van der Waals surface area contributed by atoms with Crippen LogP contribution in [-0.2, 0) is 29.7 Å². The summed E-state index contributed by atoms with van der Waals surface area (Å²) in [7, 11) is 1.87. The van der Waals surface area contributed by atoms with Crippen molar-refractivity contribution in [1.29, 1.82) is 0 Å². The lowest BCUT2D eigenvalue weighted by molar-refractivity contribution is -0.136. The molecule has 3 aromatic carbocycles. The zero-order valence-electron chi connectivity index (χ0n) is 34.4. The van der Waals surface area contributed by atoms with Gasteiger partial charge in [0.1, 0.15) is 18.1 Å². The predicted octanol–water partition coefficient (Wildman–Crippen LogP) is 3.20. The van der Waals surface area contributed by atoms with E-state index in [1.807, 2.05) is 72.0 Å². The number of amides is 5. The topological polar surface area (TPSA) is 191 Å². The summed E-state index contributed by atoms with van der Waals surface area (Å²) in [6.07, 6.45) is 3.69. The first-order chi connectivity index (χ1) is 29.6. The van der Waals surface area contributed by atoms with Crippen molar-refractivity contribution in [1.82, 2.24) is 50.1 Å². The van der Waals surface area contributed by atoms with Crippen LogP contribution < -0.4 is 20.9 Å². The minimum absolute atomic E-state index is 0. The van der Waals surface area contributed by atoms with Gasteiger partial charge in [0.2, 0.25) is 11.8 Å². The molecule has 62 heavy (non-hydrogen) atoms. The Labute approximate surface area is 364 Å². The number of nitrogens with one attached hydrogen (secondary N) is 3. The summed E-state index contributed by atoms with van der Waals surface area (Å²) < 4.78 is 1.86. The highest BCUT2D eigenvalue weighted by molar-refractivity contribution is 6.05. The van der Waals surface area contributed by atoms with Gasteiger partial charge >= 0.3 is 0 Å². The van der Waals surface area contributed by atoms with E-state index in [2.05, 4.69) is 52.0 Å². The van der Waals surface area contributed by atoms with E-state index in [1.54, 1.807) is 29.3 Å². The van der Waals surface area contributed by atoms with E-state index in [-0.39, 0.29) is 54.5 Å². The third-order valence-corrected chi connectivity index (χ3v) is 12.2. The van der Waals surface area contributed by atoms with Crippen molar-refractivity contribution >= 4 is 53.3 Å². The van der Waals surface area contributed by atoms with Crippen LogP contribution >= 0.6 is 12.4 Å². The predicted molar refractivity (Wildman–Crippen MR) is 231 cm³/mol. The molecular formula is C44H47ClN12O5. The highest BCUT2D eigenvalue weighted by Crippen LogP contribution is 2.32. The summed E-state index contributed by atoms with van der Waals surface area (Å²) in [4.78, 5) is 80.7. The highest BCUT2D eigenvalue weighted by atomic mass is 35.5. The van der Waals surface area contributed by atoms with Crippen LogP contribution in [0.1, 0.15) is 73.8 Å². The number of imide groups is 1. The van der Waals surface area contributed by atoms with Crippen molar-refractivity contribution in [3.63, 3.8) is 0 Å². The van der Waals surface area contributed by atoms with E-state index in [9.17, 15) is 24.0 Å². The molecule has 17 nitrogen and oxygen atoms in total. The highest BCUT2D eigenvalue weighted by Gasteiger charge is 2.40. The number of nitrogens with zero attached hydrogens (tertiary/aromatic N) is 9. The molecule has 0 radical (unpaired) electrons. The maximum Gasteiger partial charge on any atom is 0.255 e. The number of likely N-dealkylation sites (tertiary alicyclic amines) is 1. The third kappa shape index (κ3) is 8.45. The number of piperidine rings is 1. The minimum Gasteiger partial charge on any atom is -0.378 e. The summed E-state index contributed by atoms with van der Waals surface area (Å²) in [5, 5.41) is 17.3. The largest absolute Gasteiger partial charge is 0.378 e. The van der Waals surface area contributed by atoms with E-state index in [0.717, 1.165) is 48.7 Å². The van der Waals surface area contributed by atoms with E-state index in [0.29, 0.717) is 66.6 Å². The number of benzene rings is 3. The number of rotatable bonds is 11. The van der Waals surface area contributed by atoms with Crippen molar-refractivity contribution < 1.29 is 24.0 Å². The molecule has 2 aromatic heterocycles. The molecule has 18 heteroatoms. The van der Waals surface area contributed by atoms with Gasteiger partial charge in [-0.2, -0.15) is 0 Å². The molecule has 5 amide bonds. The Morgan fingerprint density at radius 2 is 1.71 bits per heavy atom. The van der Waals surface area contributed by atoms with Crippen LogP contribution in [0.4, 0.5) is 11.4 Å². The smallest absolute Gasteiger partial charge is 0.255 e. The Bertz CT molecular complexity index is 2520. The van der Waals surface area contributed by atoms with Crippen molar-refractivity contribution in [3.8, 4) is 11.5 Å². The van der Waals surface area contributed by atoms with Gasteiger partial charge in [0.25, 0.3) is 17.7 Å². The first-order valence-electron chi connectivity index (χ1n) is 20.5. The molecule has 0 aliphatic carbocycles. The maximum absolute atomic E-state index is 13.6. The number of piperazine rings is 1. The first kappa shape index (κ1) is 42.0. The van der Waals surface area contributed by atoms with E-state index < -0.39 is 11.9 Å². The summed E-state index contributed by atoms with van der Waals surface area (Å²) in [6.45, 7) is 7.28. The summed E-state index contributed by atoms with van der Waals surface area (Å²) in [6, 6.07) is 21.7. The standard InChI is InChI=1S/C44H46N12O5.ClH/c1-27(48-41(58)29-6-4-8-32(20-29)46-22-38-50-51-40(52(38)2)36-13-14-45-26-47-36)28-5-3-7-30(19-28)43(60)55-24-34(25-55)54-17-15-53(16-18-54)33-9-10-35-31(21-33)23-56(44(35)61)37-11-12-39(57)49-42(37)59;/h3-10,13-14,19-21,26-27,34,37,46H,11-12,15-18,22-25H2,1-2H3,(H,48,58)(H,49,57,59);1H/t27-,37?;/m1./s1. The van der Waals surface area contributed by atoms with E-state index in [4.69, 9.17) is 0 Å². The van der Waals surface area contributed by atoms with Gasteiger partial charge in [0, 0.05) is 99.6 Å². The SMILES string of the molecule is C[C@@H](NC(=O)c1cccc(NCc2nnc(-c3ccncn3)n2C)c1)c1cccc(C(=O)N2CC(N3CCN(c4ccc5c(c4)CN(C4CCC(=O)NC4=O)C5=O)CC3)C2)c1.Cl. The molecule has 4 aliphatic rings. The Morgan fingerprint density at radius 1 is 0.919 bits per heavy atom. The van der Waals surface area contributed by atoms with Crippen molar-refractivity contribution in [3.05, 3.63) is 119 Å². The zero-order chi connectivity index (χ0) is 42.2. The normalized spacial score (nSPS) is 18.4. The minimum atomic E-state index is -0.632. The Balaban J connectivity index is 0.00000529. The molecule has 6 heterocycles. The molecule has 0 bridgehead atoms. The van der Waals surface area contributed by atoms with Crippen LogP contribution in [0.25, 0.3) is 11.5 Å². The van der Waals surface area contributed by atoms with Crippen molar-refractivity contribution in [2.45, 2.75) is 51.0 Å². The molecular weight excluding hydrogens is 812 g/mol. The zero-order valence-corrected chi connectivity index (χ0v) is 35.2. The Morgan fingerprint density at radius 3 is 2.48 bits per heavy atom. The molecule has 5 aromatic rings. The van der Waals surface area contributed by atoms with Crippen LogP contribution in [0.15, 0.2) is 85.3 Å². The lowest BCUT2D eigenvalue weighted by Crippen LogP contribution is -2.64. The maximum atomic E-state index is 13.6. The van der Waals surface area contributed by atoms with Gasteiger partial charge in [0.05, 0.1) is 12.6 Å². The number of hydrogen-bond acceptors (Lipinski definition) is 12. The molecule has 3 saturated heterocycles. The van der Waals surface area contributed by atoms with Crippen LogP contribution in [0.5, 0.6) is 0 Å². The van der Waals surface area contributed by atoms with Gasteiger partial charge < -0.3 is 29.9 Å². The Hall–Kier alpha value is -6.72. The number of aromatic nitrogens is 5. The summed E-state index contributed by atoms with van der Waals surface area (Å²) in [5.41, 5.74) is 5.91. The number of hydrogen-bond donors (Lipinski definition) is 3. The van der Waals surface area contributed by atoms with Crippen LogP contribution in [0.3, 0.4) is 0 Å². The number of fused-ring (bicyclic) bond motifs is 1. The van der Waals surface area contributed by atoms with Crippen LogP contribution in [-0.4, -0.2) is 120 Å². The summed E-state index contributed by atoms with van der Waals surface area (Å²) >= 11 is 0. The summed E-state index contributed by atoms with van der Waals surface area (Å²) in [5.74, 6) is 0.199. The lowest BCUT2D eigenvalue weighted by atomic mass is 10.0. The van der Waals surface area contributed by atoms with Crippen molar-refractivity contribution in [2.75, 3.05) is 49.5 Å². The molecule has 3 N–H and O–H groups in total. The van der Waals surface area contributed by atoms with Gasteiger partial charge in [-0.05, 0) is 79.1 Å². The van der Waals surface area contributed by atoms with Gasteiger partial charge in [0.15, 0.2) is 11.6 Å². The average molecular weight is 859 g/mol. The number of carbonyl (C=O) groups is 5. The second kappa shape index (κ2) is 17.7. The van der Waals surface area contributed by atoms with Crippen LogP contribution in [0.2, 0.25) is 0 Å². The fourth-order valence-corrected chi connectivity index (χ4v) is 8.55. The molecule has 2 atom stereocenters. The van der Waals surface area contributed by atoms with E-state index in [1.165, 1.54) is 6.33 Å². The number of anilines is 2. The monoisotopic (exact) mass is 858 g/mol.